The number of thiazole rings is 1. The second kappa shape index (κ2) is 5.98. The predicted octanol–water partition coefficient (Wildman–Crippen LogP) is 2.91. The summed E-state index contributed by atoms with van der Waals surface area (Å²) in [7, 11) is 0. The standard InChI is InChI=1S/C15H13N3O3S/c1-2-9-8-22-15(16-9)18-14(20)10-5-6-11(17-13(10)19)12-4-3-7-21-12/h3-8H,2H2,1H3,(H,17,19)(H,16,18,20). The Morgan fingerprint density at radius 3 is 2.91 bits per heavy atom. The second-order valence-electron chi connectivity index (χ2n) is 4.54. The number of hydrogen-bond acceptors (Lipinski definition) is 5. The van der Waals surface area contributed by atoms with Crippen molar-refractivity contribution >= 4 is 22.4 Å². The molecule has 7 heteroatoms. The van der Waals surface area contributed by atoms with E-state index in [9.17, 15) is 9.59 Å². The fourth-order valence-electron chi connectivity index (χ4n) is 1.92. The van der Waals surface area contributed by atoms with Crippen LogP contribution in [-0.2, 0) is 6.42 Å². The van der Waals surface area contributed by atoms with Crippen molar-refractivity contribution < 1.29 is 9.21 Å². The molecule has 0 aromatic carbocycles. The SMILES string of the molecule is CCc1csc(NC(=O)c2ccc(-c3ccco3)[nH]c2=O)n1. The maximum absolute atomic E-state index is 12.1. The fraction of sp³-hybridized carbons (Fsp3) is 0.133. The monoisotopic (exact) mass is 315 g/mol. The van der Waals surface area contributed by atoms with Crippen LogP contribution in [0.3, 0.4) is 0 Å². The average Bonchev–Trinajstić information content (AvgIpc) is 3.18. The Morgan fingerprint density at radius 2 is 2.27 bits per heavy atom. The molecule has 1 amide bonds. The fourth-order valence-corrected chi connectivity index (χ4v) is 2.71. The minimum Gasteiger partial charge on any atom is -0.463 e. The maximum Gasteiger partial charge on any atom is 0.263 e. The first-order valence-electron chi connectivity index (χ1n) is 6.70. The molecule has 0 saturated carbocycles. The van der Waals surface area contributed by atoms with Crippen LogP contribution in [-0.4, -0.2) is 15.9 Å². The zero-order valence-electron chi connectivity index (χ0n) is 11.8. The molecule has 0 fully saturated rings. The molecule has 3 aromatic heterocycles. The first-order valence-corrected chi connectivity index (χ1v) is 7.58. The molecule has 0 saturated heterocycles. The van der Waals surface area contributed by atoms with Gasteiger partial charge < -0.3 is 9.40 Å². The zero-order valence-corrected chi connectivity index (χ0v) is 12.6. The summed E-state index contributed by atoms with van der Waals surface area (Å²) in [4.78, 5) is 31.1. The molecule has 0 atom stereocenters. The molecule has 3 rings (SSSR count). The van der Waals surface area contributed by atoms with Crippen LogP contribution < -0.4 is 10.9 Å². The van der Waals surface area contributed by atoms with E-state index < -0.39 is 11.5 Å². The van der Waals surface area contributed by atoms with E-state index in [0.29, 0.717) is 16.6 Å². The summed E-state index contributed by atoms with van der Waals surface area (Å²) in [6, 6.07) is 6.56. The number of anilines is 1. The molecule has 0 unspecified atom stereocenters. The summed E-state index contributed by atoms with van der Waals surface area (Å²) >= 11 is 1.33. The van der Waals surface area contributed by atoms with Gasteiger partial charge >= 0.3 is 0 Å². The van der Waals surface area contributed by atoms with Gasteiger partial charge in [-0.05, 0) is 30.7 Å². The van der Waals surface area contributed by atoms with Crippen LogP contribution in [0.1, 0.15) is 23.0 Å². The summed E-state index contributed by atoms with van der Waals surface area (Å²) in [6.45, 7) is 1.98. The summed E-state index contributed by atoms with van der Waals surface area (Å²) in [5.74, 6) is 0.0563. The highest BCUT2D eigenvalue weighted by atomic mass is 32.1. The number of carbonyl (C=O) groups is 1. The number of furan rings is 1. The molecule has 0 bridgehead atoms. The minimum absolute atomic E-state index is 0.0311. The van der Waals surface area contributed by atoms with Gasteiger partial charge in [0.25, 0.3) is 11.5 Å². The summed E-state index contributed by atoms with van der Waals surface area (Å²) in [5, 5.41) is 4.99. The van der Waals surface area contributed by atoms with E-state index in [1.807, 2.05) is 12.3 Å². The molecule has 0 spiro atoms. The van der Waals surface area contributed by atoms with Gasteiger partial charge in [0, 0.05) is 5.38 Å². The molecule has 0 aliphatic rings. The van der Waals surface area contributed by atoms with Crippen molar-refractivity contribution in [3.05, 3.63) is 57.5 Å². The van der Waals surface area contributed by atoms with Crippen molar-refractivity contribution in [2.75, 3.05) is 5.32 Å². The molecule has 3 heterocycles. The van der Waals surface area contributed by atoms with Crippen LogP contribution in [0, 0.1) is 0 Å². The normalized spacial score (nSPS) is 10.6. The quantitative estimate of drug-likeness (QED) is 0.775. The van der Waals surface area contributed by atoms with Gasteiger partial charge in [-0.25, -0.2) is 4.98 Å². The van der Waals surface area contributed by atoms with E-state index in [1.165, 1.54) is 23.7 Å². The number of amides is 1. The first kappa shape index (κ1) is 14.3. The van der Waals surface area contributed by atoms with Crippen molar-refractivity contribution in [2.45, 2.75) is 13.3 Å². The highest BCUT2D eigenvalue weighted by Crippen LogP contribution is 2.18. The Hall–Kier alpha value is -2.67. The third-order valence-corrected chi connectivity index (χ3v) is 3.88. The lowest BCUT2D eigenvalue weighted by Crippen LogP contribution is -2.23. The number of nitrogens with one attached hydrogen (secondary N) is 2. The van der Waals surface area contributed by atoms with E-state index >= 15 is 0 Å². The van der Waals surface area contributed by atoms with Crippen molar-refractivity contribution in [1.82, 2.24) is 9.97 Å². The number of nitrogens with zero attached hydrogens (tertiary/aromatic N) is 1. The third kappa shape index (κ3) is 2.84. The Bertz CT molecular complexity index is 849. The van der Waals surface area contributed by atoms with E-state index in [1.54, 1.807) is 18.2 Å². The summed E-state index contributed by atoms with van der Waals surface area (Å²) in [5.41, 5.74) is 0.985. The summed E-state index contributed by atoms with van der Waals surface area (Å²) in [6.07, 6.45) is 2.31. The smallest absolute Gasteiger partial charge is 0.263 e. The van der Waals surface area contributed by atoms with Crippen LogP contribution in [0.4, 0.5) is 5.13 Å². The Labute approximate surface area is 129 Å². The van der Waals surface area contributed by atoms with E-state index in [0.717, 1.165) is 12.1 Å². The van der Waals surface area contributed by atoms with Gasteiger partial charge in [-0.2, -0.15) is 0 Å². The van der Waals surface area contributed by atoms with Gasteiger partial charge in [0.15, 0.2) is 5.13 Å². The molecule has 2 N–H and O–H groups in total. The van der Waals surface area contributed by atoms with Gasteiger partial charge in [0.1, 0.15) is 11.3 Å². The lowest BCUT2D eigenvalue weighted by molar-refractivity contribution is 0.102. The molecule has 6 nitrogen and oxygen atoms in total. The maximum atomic E-state index is 12.1. The number of rotatable bonds is 4. The van der Waals surface area contributed by atoms with Crippen LogP contribution in [0.5, 0.6) is 0 Å². The molecule has 0 aliphatic carbocycles. The van der Waals surface area contributed by atoms with Crippen molar-refractivity contribution in [2.24, 2.45) is 0 Å². The van der Waals surface area contributed by atoms with Crippen molar-refractivity contribution in [3.63, 3.8) is 0 Å². The van der Waals surface area contributed by atoms with Gasteiger partial charge in [-0.15, -0.1) is 11.3 Å². The highest BCUT2D eigenvalue weighted by Gasteiger charge is 2.14. The van der Waals surface area contributed by atoms with E-state index in [2.05, 4.69) is 15.3 Å². The molecule has 0 radical (unpaired) electrons. The topological polar surface area (TPSA) is 88.0 Å². The second-order valence-corrected chi connectivity index (χ2v) is 5.40. The Balaban J connectivity index is 1.82. The van der Waals surface area contributed by atoms with E-state index in [-0.39, 0.29) is 5.56 Å². The lowest BCUT2D eigenvalue weighted by Gasteiger charge is -2.02. The number of hydrogen-bond donors (Lipinski definition) is 2. The molecular formula is C15H13N3O3S. The van der Waals surface area contributed by atoms with Crippen LogP contribution in [0.2, 0.25) is 0 Å². The molecular weight excluding hydrogens is 302 g/mol. The number of H-pyrrole nitrogens is 1. The number of aryl methyl sites for hydroxylation is 1. The first-order chi connectivity index (χ1) is 10.7. The highest BCUT2D eigenvalue weighted by molar-refractivity contribution is 7.13. The molecule has 112 valence electrons. The molecule has 22 heavy (non-hydrogen) atoms. The van der Waals surface area contributed by atoms with Crippen molar-refractivity contribution in [1.29, 1.82) is 0 Å². The van der Waals surface area contributed by atoms with Gasteiger partial charge in [0.2, 0.25) is 0 Å². The summed E-state index contributed by atoms with van der Waals surface area (Å²) < 4.78 is 5.21. The van der Waals surface area contributed by atoms with Crippen LogP contribution in [0.25, 0.3) is 11.5 Å². The molecule has 3 aromatic rings. The number of carbonyl (C=O) groups excluding carboxylic acids is 1. The number of aromatic nitrogens is 2. The van der Waals surface area contributed by atoms with Gasteiger partial charge in [-0.3, -0.25) is 14.9 Å². The van der Waals surface area contributed by atoms with E-state index in [4.69, 9.17) is 4.42 Å². The average molecular weight is 315 g/mol. The number of aromatic amines is 1. The zero-order chi connectivity index (χ0) is 15.5. The lowest BCUT2D eigenvalue weighted by atomic mass is 10.2. The molecule has 0 aliphatic heterocycles. The van der Waals surface area contributed by atoms with Gasteiger partial charge in [0.05, 0.1) is 17.7 Å². The number of pyridine rings is 1. The predicted molar refractivity (Wildman–Crippen MR) is 84.2 cm³/mol. The largest absolute Gasteiger partial charge is 0.463 e. The third-order valence-electron chi connectivity index (χ3n) is 3.08. The van der Waals surface area contributed by atoms with Crippen LogP contribution >= 0.6 is 11.3 Å². The Morgan fingerprint density at radius 1 is 1.41 bits per heavy atom. The van der Waals surface area contributed by atoms with Crippen LogP contribution in [0.15, 0.2) is 45.1 Å². The van der Waals surface area contributed by atoms with Gasteiger partial charge in [-0.1, -0.05) is 6.92 Å². The minimum atomic E-state index is -0.482. The van der Waals surface area contributed by atoms with Crippen molar-refractivity contribution in [3.8, 4) is 11.5 Å². The Kier molecular flexibility index (Phi) is 3.88.